The predicted molar refractivity (Wildman–Crippen MR) is 49.7 cm³/mol. The number of aromatic nitrogens is 1. The first-order chi connectivity index (χ1) is 6.70. The second kappa shape index (κ2) is 3.61. The minimum Gasteiger partial charge on any atom is -0.477 e. The molecule has 14 heavy (non-hydrogen) atoms. The molecule has 0 spiro atoms. The van der Waals surface area contributed by atoms with Crippen molar-refractivity contribution >= 4 is 17.6 Å². The zero-order valence-corrected chi connectivity index (χ0v) is 8.25. The van der Waals surface area contributed by atoms with Gasteiger partial charge < -0.3 is 9.63 Å². The van der Waals surface area contributed by atoms with Crippen molar-refractivity contribution < 1.29 is 14.4 Å². The molecule has 0 aromatic carbocycles. The van der Waals surface area contributed by atoms with Crippen LogP contribution in [0, 0.1) is 0 Å². The smallest absolute Gasteiger partial charge is 0.342 e. The summed E-state index contributed by atoms with van der Waals surface area (Å²) in [5.74, 6) is -0.431. The second-order valence-electron chi connectivity index (χ2n) is 3.50. The van der Waals surface area contributed by atoms with Crippen LogP contribution in [-0.4, -0.2) is 16.2 Å². The first-order valence-corrected chi connectivity index (χ1v) is 4.96. The fourth-order valence-corrected chi connectivity index (χ4v) is 2.15. The van der Waals surface area contributed by atoms with Crippen LogP contribution in [0.5, 0.6) is 0 Å². The average molecular weight is 216 g/mol. The van der Waals surface area contributed by atoms with E-state index in [-0.39, 0.29) is 16.6 Å². The predicted octanol–water partition coefficient (Wildman–Crippen LogP) is 2.68. The zero-order chi connectivity index (χ0) is 10.1. The normalized spacial score (nSPS) is 17.5. The summed E-state index contributed by atoms with van der Waals surface area (Å²) in [5.41, 5.74) is 0.0403. The largest absolute Gasteiger partial charge is 0.477 e. The lowest BCUT2D eigenvalue weighted by molar-refractivity contribution is 0.0693. The van der Waals surface area contributed by atoms with Gasteiger partial charge in [0.05, 0.1) is 0 Å². The number of carbonyl (C=O) groups is 1. The number of hydrogen-bond acceptors (Lipinski definition) is 3. The van der Waals surface area contributed by atoms with Gasteiger partial charge in [0.15, 0.2) is 10.9 Å². The molecule has 1 aromatic heterocycles. The number of rotatable bonds is 2. The molecular weight excluding hydrogens is 206 g/mol. The van der Waals surface area contributed by atoms with Gasteiger partial charge in [-0.25, -0.2) is 4.79 Å². The van der Waals surface area contributed by atoms with E-state index in [1.54, 1.807) is 0 Å². The van der Waals surface area contributed by atoms with Crippen molar-refractivity contribution in [3.05, 3.63) is 16.5 Å². The minimum atomic E-state index is -1.06. The summed E-state index contributed by atoms with van der Waals surface area (Å²) in [6.45, 7) is 0. The van der Waals surface area contributed by atoms with Gasteiger partial charge >= 0.3 is 5.97 Å². The molecule has 1 saturated carbocycles. The molecule has 0 unspecified atom stereocenters. The molecule has 0 radical (unpaired) electrons. The number of aromatic carboxylic acids is 1. The van der Waals surface area contributed by atoms with Crippen LogP contribution in [0.2, 0.25) is 5.15 Å². The standard InChI is InChI=1S/C9H10ClNO3/c10-8-6(9(12)13)7(14-11-8)5-3-1-2-4-5/h5H,1-4H2,(H,12,13). The molecule has 5 heteroatoms. The fraction of sp³-hybridized carbons (Fsp3) is 0.556. The van der Waals surface area contributed by atoms with Crippen molar-refractivity contribution in [2.45, 2.75) is 31.6 Å². The van der Waals surface area contributed by atoms with Gasteiger partial charge in [-0.05, 0) is 12.8 Å². The molecule has 1 aliphatic carbocycles. The zero-order valence-electron chi connectivity index (χ0n) is 7.49. The summed E-state index contributed by atoms with van der Waals surface area (Å²) in [6.07, 6.45) is 4.15. The molecule has 0 aliphatic heterocycles. The van der Waals surface area contributed by atoms with E-state index in [9.17, 15) is 4.79 Å². The molecule has 0 saturated heterocycles. The summed E-state index contributed by atoms with van der Waals surface area (Å²) < 4.78 is 4.98. The molecule has 1 N–H and O–H groups in total. The third-order valence-electron chi connectivity index (χ3n) is 2.62. The Labute approximate surface area is 85.8 Å². The monoisotopic (exact) mass is 215 g/mol. The Kier molecular flexibility index (Phi) is 2.46. The van der Waals surface area contributed by atoms with Crippen molar-refractivity contribution in [2.75, 3.05) is 0 Å². The van der Waals surface area contributed by atoms with E-state index in [2.05, 4.69) is 5.16 Å². The Morgan fingerprint density at radius 3 is 2.71 bits per heavy atom. The van der Waals surface area contributed by atoms with Gasteiger partial charge in [0.2, 0.25) is 0 Å². The highest BCUT2D eigenvalue weighted by Gasteiger charge is 2.29. The van der Waals surface area contributed by atoms with Crippen LogP contribution in [0.25, 0.3) is 0 Å². The molecule has 4 nitrogen and oxygen atoms in total. The first kappa shape index (κ1) is 9.52. The molecule has 0 amide bonds. The van der Waals surface area contributed by atoms with Gasteiger partial charge in [0.25, 0.3) is 0 Å². The van der Waals surface area contributed by atoms with Crippen molar-refractivity contribution in [1.29, 1.82) is 0 Å². The van der Waals surface area contributed by atoms with Gasteiger partial charge in [0.1, 0.15) is 5.56 Å². The van der Waals surface area contributed by atoms with E-state index < -0.39 is 5.97 Å². The first-order valence-electron chi connectivity index (χ1n) is 4.58. The Hall–Kier alpha value is -1.03. The Balaban J connectivity index is 2.37. The molecule has 0 bridgehead atoms. The summed E-state index contributed by atoms with van der Waals surface area (Å²) in [7, 11) is 0. The fourth-order valence-electron chi connectivity index (χ4n) is 1.94. The SMILES string of the molecule is O=C(O)c1c(Cl)noc1C1CCCC1. The Bertz CT molecular complexity index is 355. The van der Waals surface area contributed by atoms with Crippen LogP contribution in [0.4, 0.5) is 0 Å². The molecule has 1 fully saturated rings. The second-order valence-corrected chi connectivity index (χ2v) is 3.86. The number of nitrogens with zero attached hydrogens (tertiary/aromatic N) is 1. The van der Waals surface area contributed by atoms with Crippen LogP contribution in [0.3, 0.4) is 0 Å². The highest BCUT2D eigenvalue weighted by Crippen LogP contribution is 2.37. The molecule has 1 aliphatic rings. The van der Waals surface area contributed by atoms with Gasteiger partial charge in [-0.1, -0.05) is 29.6 Å². The van der Waals surface area contributed by atoms with Gasteiger partial charge in [-0.15, -0.1) is 0 Å². The summed E-state index contributed by atoms with van der Waals surface area (Å²) in [5, 5.41) is 12.4. The lowest BCUT2D eigenvalue weighted by atomic mass is 10.0. The summed E-state index contributed by atoms with van der Waals surface area (Å²) in [4.78, 5) is 10.9. The molecule has 0 atom stereocenters. The van der Waals surface area contributed by atoms with E-state index >= 15 is 0 Å². The minimum absolute atomic E-state index is 0.0403. The number of carboxylic acids is 1. The van der Waals surface area contributed by atoms with Crippen molar-refractivity contribution in [1.82, 2.24) is 5.16 Å². The van der Waals surface area contributed by atoms with Gasteiger partial charge in [0, 0.05) is 5.92 Å². The highest BCUT2D eigenvalue weighted by molar-refractivity contribution is 6.32. The Morgan fingerprint density at radius 1 is 1.50 bits per heavy atom. The number of halogens is 1. The van der Waals surface area contributed by atoms with Crippen molar-refractivity contribution in [3.8, 4) is 0 Å². The quantitative estimate of drug-likeness (QED) is 0.824. The lowest BCUT2D eigenvalue weighted by Crippen LogP contribution is -2.02. The van der Waals surface area contributed by atoms with Crippen molar-refractivity contribution in [2.24, 2.45) is 0 Å². The molecular formula is C9H10ClNO3. The highest BCUT2D eigenvalue weighted by atomic mass is 35.5. The molecule has 76 valence electrons. The van der Waals surface area contributed by atoms with Crippen LogP contribution in [-0.2, 0) is 0 Å². The van der Waals surface area contributed by atoms with E-state index in [1.165, 1.54) is 0 Å². The average Bonchev–Trinajstić information content (AvgIpc) is 2.70. The lowest BCUT2D eigenvalue weighted by Gasteiger charge is -2.03. The van der Waals surface area contributed by atoms with Gasteiger partial charge in [-0.3, -0.25) is 0 Å². The van der Waals surface area contributed by atoms with E-state index in [0.717, 1.165) is 25.7 Å². The maximum absolute atomic E-state index is 10.9. The maximum Gasteiger partial charge on any atom is 0.342 e. The van der Waals surface area contributed by atoms with Gasteiger partial charge in [-0.2, -0.15) is 0 Å². The summed E-state index contributed by atoms with van der Waals surface area (Å²) in [6, 6.07) is 0. The number of carboxylic acid groups (broad SMARTS) is 1. The topological polar surface area (TPSA) is 63.3 Å². The van der Waals surface area contributed by atoms with Crippen LogP contribution >= 0.6 is 11.6 Å². The maximum atomic E-state index is 10.9. The third kappa shape index (κ3) is 1.50. The van der Waals surface area contributed by atoms with Crippen LogP contribution in [0.1, 0.15) is 47.7 Å². The molecule has 1 heterocycles. The van der Waals surface area contributed by atoms with Crippen LogP contribution < -0.4 is 0 Å². The molecule has 2 rings (SSSR count). The van der Waals surface area contributed by atoms with E-state index in [0.29, 0.717) is 5.76 Å². The van der Waals surface area contributed by atoms with Crippen LogP contribution in [0.15, 0.2) is 4.52 Å². The Morgan fingerprint density at radius 2 is 2.14 bits per heavy atom. The van der Waals surface area contributed by atoms with Crippen molar-refractivity contribution in [3.63, 3.8) is 0 Å². The number of hydrogen-bond donors (Lipinski definition) is 1. The molecule has 1 aromatic rings. The third-order valence-corrected chi connectivity index (χ3v) is 2.87. The van der Waals surface area contributed by atoms with E-state index in [1.807, 2.05) is 0 Å². The summed E-state index contributed by atoms with van der Waals surface area (Å²) >= 11 is 5.63. The van der Waals surface area contributed by atoms with E-state index in [4.69, 9.17) is 21.2 Å².